The van der Waals surface area contributed by atoms with Gasteiger partial charge in [0.1, 0.15) is 19.3 Å². The molecule has 6 fully saturated rings. The topological polar surface area (TPSA) is 256 Å². The Labute approximate surface area is 419 Å². The second-order valence-corrected chi connectivity index (χ2v) is 21.5. The highest BCUT2D eigenvalue weighted by atomic mass is 79.9. The monoisotopic (exact) mass is 1040 g/mol. The SMILES string of the molecule is C[C@]12C=CC(=O)C=C1CC[C@@H]1[C@@H]2[C@@H](O)C[C@@]2(C)[C@H]1C[C@H]1O[C@@H](c3ccc(CC4CC5(CO4)CN(C(=O)OCc4ccc(NC(=O)[C@H](CCC(=O)O)NC(=O)CNC(=O)CBr)cc4)C5)cc3)O[C@]12C(=O)CO. The van der Waals surface area contributed by atoms with Gasteiger partial charge in [0.25, 0.3) is 0 Å². The number of halogens is 1. The highest BCUT2D eigenvalue weighted by Crippen LogP contribution is 2.70. The molecule has 2 aromatic carbocycles. The molecule has 9 rings (SSSR count). The normalized spacial score (nSPS) is 32.3. The van der Waals surface area contributed by atoms with Gasteiger partial charge in [0, 0.05) is 52.9 Å². The minimum absolute atomic E-state index is 0.000113. The fourth-order valence-electron chi connectivity index (χ4n) is 13.2. The van der Waals surface area contributed by atoms with Gasteiger partial charge in [0.05, 0.1) is 36.8 Å². The molecule has 6 N–H and O–H groups in total. The van der Waals surface area contributed by atoms with Gasteiger partial charge in [-0.15, -0.1) is 0 Å². The van der Waals surface area contributed by atoms with Crippen LogP contribution in [0.1, 0.15) is 81.8 Å². The van der Waals surface area contributed by atoms with Gasteiger partial charge < -0.3 is 55.1 Å². The number of nitrogens with one attached hydrogen (secondary N) is 3. The van der Waals surface area contributed by atoms with Crippen LogP contribution in [-0.2, 0) is 60.7 Å². The average molecular weight is 1050 g/mol. The number of Topliss-reactive ketones (excluding diaryl/α,β-unsaturated/α-hetero) is 1. The molecule has 3 saturated heterocycles. The highest BCUT2D eigenvalue weighted by molar-refractivity contribution is 9.09. The lowest BCUT2D eigenvalue weighted by atomic mass is 9.46. The molecular weight excluding hydrogens is 984 g/mol. The van der Waals surface area contributed by atoms with Crippen molar-refractivity contribution < 1.29 is 67.8 Å². The fraction of sp³-hybridized carbons (Fsp3) is 0.558. The second-order valence-electron chi connectivity index (χ2n) is 21.0. The number of amides is 4. The van der Waals surface area contributed by atoms with Crippen molar-refractivity contribution in [1.29, 1.82) is 0 Å². The molecule has 0 aromatic heterocycles. The van der Waals surface area contributed by atoms with E-state index in [-0.39, 0.29) is 66.4 Å². The first kappa shape index (κ1) is 50.6. The van der Waals surface area contributed by atoms with Crippen molar-refractivity contribution in [3.05, 3.63) is 89.0 Å². The predicted molar refractivity (Wildman–Crippen MR) is 256 cm³/mol. The van der Waals surface area contributed by atoms with E-state index in [2.05, 4.69) is 38.8 Å². The summed E-state index contributed by atoms with van der Waals surface area (Å²) in [4.78, 5) is 88.9. The number of hydrogen-bond acceptors (Lipinski definition) is 13. The van der Waals surface area contributed by atoms with Crippen molar-refractivity contribution in [2.45, 2.75) is 108 Å². The van der Waals surface area contributed by atoms with Crippen molar-refractivity contribution in [2.24, 2.45) is 34.0 Å². The van der Waals surface area contributed by atoms with E-state index in [0.717, 1.165) is 36.0 Å². The average Bonchev–Trinajstić information content (AvgIpc) is 4.02. The summed E-state index contributed by atoms with van der Waals surface area (Å²) in [6, 6.07) is 13.3. The van der Waals surface area contributed by atoms with Gasteiger partial charge in [-0.05, 0) is 92.2 Å². The second kappa shape index (κ2) is 19.9. The summed E-state index contributed by atoms with van der Waals surface area (Å²) < 4.78 is 25.3. The van der Waals surface area contributed by atoms with Gasteiger partial charge >= 0.3 is 12.1 Å². The van der Waals surface area contributed by atoms with Crippen molar-refractivity contribution in [3.8, 4) is 0 Å². The minimum Gasteiger partial charge on any atom is -0.481 e. The van der Waals surface area contributed by atoms with Gasteiger partial charge in [0.2, 0.25) is 17.7 Å². The Morgan fingerprint density at radius 1 is 0.986 bits per heavy atom. The number of anilines is 1. The standard InChI is InChI=1S/C52H61BrN4O14/c1-49-16-15-34(59)18-32(49)9-12-36-37-19-41-52(40(61)24-58,50(37,2)21-39(60)45(36)49)71-47(70-41)31-7-3-29(4-8-31)17-35-20-51(28-69-35)26-57(27-51)48(67)68-25-30-5-10-33(11-6-30)55-46(66)38(13-14-44(64)65)56-43(63)23-54-42(62)22-53/h3-8,10-11,15-16,18,35-39,41,45,47,58,60H,9,12-14,17,19-28H2,1-2H3,(H,54,62)(H,55,66)(H,56,63)(H,64,65)/t35?,36-,37-,38-,39-,41+,45+,47+,49-,50-,52+/m0/s1. The number of aliphatic hydroxyl groups excluding tert-OH is 2. The Kier molecular flexibility index (Phi) is 14.2. The number of aliphatic carboxylic acids is 1. The highest BCUT2D eigenvalue weighted by Gasteiger charge is 2.76. The number of rotatable bonds is 16. The molecule has 7 aliphatic rings. The van der Waals surface area contributed by atoms with Gasteiger partial charge in [-0.3, -0.25) is 28.8 Å². The number of likely N-dealkylation sites (tertiary alicyclic amines) is 1. The number of carboxylic acid groups (broad SMARTS) is 1. The third kappa shape index (κ3) is 9.61. The molecule has 11 atom stereocenters. The van der Waals surface area contributed by atoms with E-state index in [1.165, 1.54) is 0 Å². The van der Waals surface area contributed by atoms with Crippen LogP contribution in [-0.4, -0.2) is 130 Å². The number of aliphatic hydroxyl groups is 2. The van der Waals surface area contributed by atoms with Crippen LogP contribution in [0.2, 0.25) is 0 Å². The van der Waals surface area contributed by atoms with E-state index in [9.17, 15) is 43.8 Å². The molecule has 18 nitrogen and oxygen atoms in total. The Morgan fingerprint density at radius 3 is 2.42 bits per heavy atom. The number of fused-ring (bicyclic) bond motifs is 7. The van der Waals surface area contributed by atoms with Crippen LogP contribution in [0.15, 0.2) is 72.3 Å². The molecule has 3 heterocycles. The maximum Gasteiger partial charge on any atom is 0.410 e. The number of carbonyl (C=O) groups excluding carboxylic acids is 6. The Balaban J connectivity index is 0.740. The number of hydrogen-bond donors (Lipinski definition) is 6. The first-order chi connectivity index (χ1) is 33.9. The van der Waals surface area contributed by atoms with E-state index in [1.54, 1.807) is 41.3 Å². The maximum absolute atomic E-state index is 14.0. The third-order valence-corrected chi connectivity index (χ3v) is 17.1. The summed E-state index contributed by atoms with van der Waals surface area (Å²) in [6.45, 7) is 4.54. The van der Waals surface area contributed by atoms with Gasteiger partial charge in [0.15, 0.2) is 23.5 Å². The van der Waals surface area contributed by atoms with Crippen LogP contribution < -0.4 is 16.0 Å². The van der Waals surface area contributed by atoms with Crippen molar-refractivity contribution >= 4 is 63.0 Å². The molecule has 19 heteroatoms. The Morgan fingerprint density at radius 2 is 1.72 bits per heavy atom. The van der Waals surface area contributed by atoms with Gasteiger partial charge in [-0.1, -0.05) is 77.8 Å². The van der Waals surface area contributed by atoms with Crippen LogP contribution in [0.5, 0.6) is 0 Å². The zero-order valence-electron chi connectivity index (χ0n) is 39.7. The quantitative estimate of drug-likeness (QED) is 0.130. The number of alkyl halides is 1. The number of nitrogens with zero attached hydrogens (tertiary/aromatic N) is 1. The third-order valence-electron chi connectivity index (χ3n) is 16.6. The molecule has 71 heavy (non-hydrogen) atoms. The summed E-state index contributed by atoms with van der Waals surface area (Å²) in [7, 11) is 0. The molecule has 3 aliphatic heterocycles. The molecule has 1 unspecified atom stereocenters. The molecule has 4 amide bonds. The van der Waals surface area contributed by atoms with E-state index < -0.39 is 83.1 Å². The Hall–Kier alpha value is -5.31. The zero-order chi connectivity index (χ0) is 50.5. The molecule has 1 spiro atoms. The summed E-state index contributed by atoms with van der Waals surface area (Å²) in [6.07, 6.45) is 5.84. The van der Waals surface area contributed by atoms with E-state index in [0.29, 0.717) is 50.2 Å². The van der Waals surface area contributed by atoms with Crippen LogP contribution in [0.4, 0.5) is 10.5 Å². The van der Waals surface area contributed by atoms with Gasteiger partial charge in [-0.25, -0.2) is 4.79 Å². The lowest BCUT2D eigenvalue weighted by Crippen LogP contribution is -2.63. The number of carbonyl (C=O) groups is 7. The number of ether oxygens (including phenoxy) is 4. The first-order valence-corrected chi connectivity index (χ1v) is 25.5. The molecule has 0 bridgehead atoms. The number of benzene rings is 2. The lowest BCUT2D eigenvalue weighted by molar-refractivity contribution is -0.201. The van der Waals surface area contributed by atoms with Crippen LogP contribution >= 0.6 is 15.9 Å². The smallest absolute Gasteiger partial charge is 0.410 e. The molecule has 4 aliphatic carbocycles. The number of allylic oxidation sites excluding steroid dienone is 4. The summed E-state index contributed by atoms with van der Waals surface area (Å²) in [5.74, 6) is -3.36. The molecular formula is C52H61BrN4O14. The van der Waals surface area contributed by atoms with E-state index in [1.807, 2.05) is 37.3 Å². The molecule has 380 valence electrons. The van der Waals surface area contributed by atoms with Crippen molar-refractivity contribution in [1.82, 2.24) is 15.5 Å². The predicted octanol–water partition coefficient (Wildman–Crippen LogP) is 4.06. The number of carboxylic acids is 1. The van der Waals surface area contributed by atoms with E-state index >= 15 is 0 Å². The van der Waals surface area contributed by atoms with Crippen LogP contribution in [0.3, 0.4) is 0 Å². The van der Waals surface area contributed by atoms with E-state index in [4.69, 9.17) is 24.1 Å². The molecule has 2 aromatic rings. The van der Waals surface area contributed by atoms with Crippen LogP contribution in [0, 0.1) is 34.0 Å². The summed E-state index contributed by atoms with van der Waals surface area (Å²) >= 11 is 2.98. The van der Waals surface area contributed by atoms with Crippen LogP contribution in [0.25, 0.3) is 0 Å². The molecule has 3 saturated carbocycles. The zero-order valence-corrected chi connectivity index (χ0v) is 41.3. The summed E-state index contributed by atoms with van der Waals surface area (Å²) in [5, 5.41) is 39.0. The van der Waals surface area contributed by atoms with Gasteiger partial charge in [-0.2, -0.15) is 0 Å². The fourth-order valence-corrected chi connectivity index (χ4v) is 13.4. The van der Waals surface area contributed by atoms with Crippen molar-refractivity contribution in [3.63, 3.8) is 0 Å². The summed E-state index contributed by atoms with van der Waals surface area (Å²) in [5.41, 5.74) is 1.02. The lowest BCUT2D eigenvalue weighted by Gasteiger charge is -2.59. The van der Waals surface area contributed by atoms with Crippen molar-refractivity contribution in [2.75, 3.05) is 43.5 Å². The Bertz CT molecular complexity index is 2510. The molecule has 0 radical (unpaired) electrons. The maximum atomic E-state index is 14.0. The largest absolute Gasteiger partial charge is 0.481 e. The minimum atomic E-state index is -1.43. The number of ketones is 2. The first-order valence-electron chi connectivity index (χ1n) is 24.3.